The summed E-state index contributed by atoms with van der Waals surface area (Å²) in [7, 11) is 3.35. The summed E-state index contributed by atoms with van der Waals surface area (Å²) in [5.41, 5.74) is 0.787. The van der Waals surface area contributed by atoms with Gasteiger partial charge in [-0.15, -0.1) is 0 Å². The van der Waals surface area contributed by atoms with Crippen LogP contribution < -0.4 is 4.74 Å². The molecule has 3 fully saturated rings. The molecule has 0 N–H and O–H groups in total. The second-order valence-corrected chi connectivity index (χ2v) is 8.87. The molecule has 158 valence electrons. The lowest BCUT2D eigenvalue weighted by atomic mass is 9.91. The summed E-state index contributed by atoms with van der Waals surface area (Å²) in [5, 5.41) is 0. The first-order valence-electron chi connectivity index (χ1n) is 10.8. The fourth-order valence-electron chi connectivity index (χ4n) is 4.97. The molecule has 1 saturated carbocycles. The molecule has 1 unspecified atom stereocenters. The maximum Gasteiger partial charge on any atom is 0.233 e. The minimum atomic E-state index is -0.322. The second kappa shape index (κ2) is 8.34. The van der Waals surface area contributed by atoms with Gasteiger partial charge in [0.25, 0.3) is 0 Å². The lowest BCUT2D eigenvalue weighted by molar-refractivity contribution is -0.136. The second-order valence-electron chi connectivity index (χ2n) is 8.87. The zero-order valence-corrected chi connectivity index (χ0v) is 17.6. The van der Waals surface area contributed by atoms with E-state index in [1.54, 1.807) is 14.2 Å². The summed E-state index contributed by atoms with van der Waals surface area (Å²) >= 11 is 0. The van der Waals surface area contributed by atoms with E-state index in [0.717, 1.165) is 63.2 Å². The Morgan fingerprint density at radius 3 is 2.38 bits per heavy atom. The van der Waals surface area contributed by atoms with Gasteiger partial charge < -0.3 is 19.3 Å². The summed E-state index contributed by atoms with van der Waals surface area (Å²) in [4.78, 5) is 29.6. The number of methoxy groups -OCH3 is 2. The highest BCUT2D eigenvalue weighted by molar-refractivity contribution is 5.91. The third kappa shape index (κ3) is 4.13. The quantitative estimate of drug-likeness (QED) is 0.706. The topological polar surface area (TPSA) is 59.1 Å². The Labute approximate surface area is 173 Å². The van der Waals surface area contributed by atoms with Gasteiger partial charge in [0, 0.05) is 45.6 Å². The number of benzene rings is 1. The lowest BCUT2D eigenvalue weighted by Crippen LogP contribution is -2.45. The lowest BCUT2D eigenvalue weighted by Gasteiger charge is -2.36. The largest absolute Gasteiger partial charge is 0.497 e. The Morgan fingerprint density at radius 1 is 1.10 bits per heavy atom. The number of amides is 2. The van der Waals surface area contributed by atoms with E-state index in [9.17, 15) is 9.59 Å². The van der Waals surface area contributed by atoms with Gasteiger partial charge in [-0.3, -0.25) is 9.59 Å². The van der Waals surface area contributed by atoms with Crippen molar-refractivity contribution in [1.82, 2.24) is 9.80 Å². The molecule has 2 heterocycles. The molecule has 0 aromatic heterocycles. The first-order chi connectivity index (χ1) is 14.1. The van der Waals surface area contributed by atoms with E-state index in [1.165, 1.54) is 0 Å². The minimum absolute atomic E-state index is 0.252. The van der Waals surface area contributed by atoms with Gasteiger partial charge in [-0.25, -0.2) is 0 Å². The average molecular weight is 401 g/mol. The van der Waals surface area contributed by atoms with E-state index in [4.69, 9.17) is 9.47 Å². The van der Waals surface area contributed by atoms with Crippen molar-refractivity contribution < 1.29 is 19.1 Å². The van der Waals surface area contributed by atoms with Gasteiger partial charge in [0.05, 0.1) is 19.1 Å². The van der Waals surface area contributed by atoms with Crippen LogP contribution in [0.25, 0.3) is 0 Å². The summed E-state index contributed by atoms with van der Waals surface area (Å²) in [6.07, 6.45) is 4.42. The monoisotopic (exact) mass is 400 g/mol. The number of hydrogen-bond acceptors (Lipinski definition) is 4. The molecular formula is C23H32N2O4. The molecule has 3 aliphatic rings. The molecule has 0 bridgehead atoms. The van der Waals surface area contributed by atoms with Crippen molar-refractivity contribution in [3.8, 4) is 5.75 Å². The van der Waals surface area contributed by atoms with Crippen molar-refractivity contribution in [1.29, 1.82) is 0 Å². The van der Waals surface area contributed by atoms with Crippen LogP contribution in [0.3, 0.4) is 0 Å². The highest BCUT2D eigenvalue weighted by atomic mass is 16.5. The summed E-state index contributed by atoms with van der Waals surface area (Å²) in [6, 6.07) is 7.95. The van der Waals surface area contributed by atoms with Crippen LogP contribution in [0, 0.1) is 11.8 Å². The van der Waals surface area contributed by atoms with Crippen LogP contribution >= 0.6 is 0 Å². The van der Waals surface area contributed by atoms with Crippen LogP contribution in [0.1, 0.15) is 37.7 Å². The van der Waals surface area contributed by atoms with Gasteiger partial charge in [-0.05, 0) is 49.3 Å². The molecule has 1 atom stereocenters. The average Bonchev–Trinajstić information content (AvgIpc) is 3.48. The third-order valence-corrected chi connectivity index (χ3v) is 6.88. The van der Waals surface area contributed by atoms with Crippen LogP contribution in [0.15, 0.2) is 24.3 Å². The van der Waals surface area contributed by atoms with Gasteiger partial charge in [0.2, 0.25) is 11.8 Å². The molecule has 29 heavy (non-hydrogen) atoms. The van der Waals surface area contributed by atoms with E-state index >= 15 is 0 Å². The van der Waals surface area contributed by atoms with Crippen molar-refractivity contribution in [2.75, 3.05) is 47.0 Å². The predicted octanol–water partition coefficient (Wildman–Crippen LogP) is 2.46. The van der Waals surface area contributed by atoms with Crippen LogP contribution in [0.2, 0.25) is 0 Å². The molecule has 6 heteroatoms. The number of ether oxygens (including phenoxy) is 2. The number of rotatable bonds is 7. The molecule has 6 nitrogen and oxygen atoms in total. The predicted molar refractivity (Wildman–Crippen MR) is 110 cm³/mol. The first kappa shape index (κ1) is 20.2. The van der Waals surface area contributed by atoms with E-state index in [2.05, 4.69) is 0 Å². The number of hydrogen-bond donors (Lipinski definition) is 0. The molecule has 1 aliphatic carbocycles. The fraction of sp³-hybridized carbons (Fsp3) is 0.652. The normalized spacial score (nSPS) is 24.1. The molecule has 1 aromatic rings. The highest BCUT2D eigenvalue weighted by Crippen LogP contribution is 2.50. The Bertz CT molecular complexity index is 736. The first-order valence-corrected chi connectivity index (χ1v) is 10.8. The minimum Gasteiger partial charge on any atom is -0.497 e. The molecule has 2 amide bonds. The van der Waals surface area contributed by atoms with Crippen LogP contribution in [0.4, 0.5) is 0 Å². The Hall–Kier alpha value is -2.08. The number of carbonyl (C=O) groups is 2. The zero-order chi connectivity index (χ0) is 20.4. The smallest absolute Gasteiger partial charge is 0.233 e. The number of likely N-dealkylation sites (tertiary alicyclic amines) is 2. The Kier molecular flexibility index (Phi) is 5.81. The Morgan fingerprint density at radius 2 is 1.79 bits per heavy atom. The summed E-state index contributed by atoms with van der Waals surface area (Å²) in [5.74, 6) is 2.16. The number of piperidine rings is 1. The van der Waals surface area contributed by atoms with Crippen molar-refractivity contribution in [2.24, 2.45) is 11.8 Å². The molecule has 2 aliphatic heterocycles. The van der Waals surface area contributed by atoms with Gasteiger partial charge in [-0.2, -0.15) is 0 Å². The summed E-state index contributed by atoms with van der Waals surface area (Å²) < 4.78 is 10.5. The van der Waals surface area contributed by atoms with E-state index in [1.807, 2.05) is 34.1 Å². The van der Waals surface area contributed by atoms with Gasteiger partial charge >= 0.3 is 0 Å². The maximum absolute atomic E-state index is 13.3. The molecular weight excluding hydrogens is 368 g/mol. The number of carbonyl (C=O) groups excluding carboxylic acids is 2. The van der Waals surface area contributed by atoms with Crippen molar-refractivity contribution in [3.63, 3.8) is 0 Å². The van der Waals surface area contributed by atoms with Gasteiger partial charge in [0.1, 0.15) is 5.75 Å². The number of nitrogens with zero attached hydrogens (tertiary/aromatic N) is 2. The zero-order valence-electron chi connectivity index (χ0n) is 17.6. The molecule has 2 saturated heterocycles. The van der Waals surface area contributed by atoms with Crippen molar-refractivity contribution >= 4 is 11.8 Å². The Balaban J connectivity index is 1.30. The molecule has 4 rings (SSSR count). The highest BCUT2D eigenvalue weighted by Gasteiger charge is 2.53. The summed E-state index contributed by atoms with van der Waals surface area (Å²) in [6.45, 7) is 3.88. The van der Waals surface area contributed by atoms with Crippen LogP contribution in [0.5, 0.6) is 5.75 Å². The molecule has 0 spiro atoms. The van der Waals surface area contributed by atoms with Crippen LogP contribution in [-0.2, 0) is 19.7 Å². The van der Waals surface area contributed by atoms with Crippen molar-refractivity contribution in [3.05, 3.63) is 29.8 Å². The van der Waals surface area contributed by atoms with Gasteiger partial charge in [0.15, 0.2) is 0 Å². The molecule has 1 aromatic carbocycles. The van der Waals surface area contributed by atoms with Crippen LogP contribution in [-0.4, -0.2) is 68.6 Å². The van der Waals surface area contributed by atoms with E-state index in [-0.39, 0.29) is 17.2 Å². The SMILES string of the molecule is COCC1CC(=O)N(CC2CCN(C(=O)C3(c4ccc(OC)cc4)CC3)CC2)C1. The van der Waals surface area contributed by atoms with E-state index < -0.39 is 0 Å². The van der Waals surface area contributed by atoms with Crippen molar-refractivity contribution in [2.45, 2.75) is 37.5 Å². The van der Waals surface area contributed by atoms with E-state index in [0.29, 0.717) is 24.9 Å². The van der Waals surface area contributed by atoms with Gasteiger partial charge in [-0.1, -0.05) is 12.1 Å². The third-order valence-electron chi connectivity index (χ3n) is 6.88. The molecule has 0 radical (unpaired) electrons. The fourth-order valence-corrected chi connectivity index (χ4v) is 4.97. The maximum atomic E-state index is 13.3. The standard InChI is InChI=1S/C23H32N2O4/c1-28-16-18-13-21(26)25(15-18)14-17-7-11-24(12-8-17)22(27)23(9-10-23)19-3-5-20(29-2)6-4-19/h3-6,17-18H,7-16H2,1-2H3.